The van der Waals surface area contributed by atoms with Crippen LogP contribution in [0.4, 0.5) is 0 Å². The fourth-order valence-corrected chi connectivity index (χ4v) is 2.28. The SMILES string of the molecule is NNC(Cc1ccsc1)c1ccccc1. The summed E-state index contributed by atoms with van der Waals surface area (Å²) >= 11 is 1.72. The van der Waals surface area contributed by atoms with E-state index in [9.17, 15) is 0 Å². The van der Waals surface area contributed by atoms with Crippen LogP contribution in [0.3, 0.4) is 0 Å². The van der Waals surface area contributed by atoms with Gasteiger partial charge in [-0.05, 0) is 34.4 Å². The molecule has 0 saturated carbocycles. The molecule has 1 unspecified atom stereocenters. The minimum Gasteiger partial charge on any atom is -0.271 e. The molecule has 3 heteroatoms. The summed E-state index contributed by atoms with van der Waals surface area (Å²) in [7, 11) is 0. The van der Waals surface area contributed by atoms with Crippen LogP contribution in [0.5, 0.6) is 0 Å². The van der Waals surface area contributed by atoms with E-state index in [2.05, 4.69) is 34.4 Å². The van der Waals surface area contributed by atoms with Gasteiger partial charge in [0.05, 0.1) is 6.04 Å². The van der Waals surface area contributed by atoms with Crippen molar-refractivity contribution < 1.29 is 0 Å². The maximum Gasteiger partial charge on any atom is 0.0500 e. The van der Waals surface area contributed by atoms with Crippen LogP contribution in [0.2, 0.25) is 0 Å². The predicted octanol–water partition coefficient (Wildman–Crippen LogP) is 2.50. The van der Waals surface area contributed by atoms with Gasteiger partial charge in [0.15, 0.2) is 0 Å². The first kappa shape index (κ1) is 10.4. The molecule has 2 rings (SSSR count). The van der Waals surface area contributed by atoms with Gasteiger partial charge in [-0.1, -0.05) is 30.3 Å². The van der Waals surface area contributed by atoms with Crippen molar-refractivity contribution in [3.05, 3.63) is 58.3 Å². The lowest BCUT2D eigenvalue weighted by Gasteiger charge is -2.15. The Kier molecular flexibility index (Phi) is 3.50. The Bertz CT molecular complexity index is 383. The van der Waals surface area contributed by atoms with Gasteiger partial charge in [-0.25, -0.2) is 0 Å². The zero-order valence-electron chi connectivity index (χ0n) is 8.39. The van der Waals surface area contributed by atoms with Gasteiger partial charge in [-0.2, -0.15) is 11.3 Å². The molecule has 78 valence electrons. The van der Waals surface area contributed by atoms with Gasteiger partial charge in [0, 0.05) is 0 Å². The van der Waals surface area contributed by atoms with E-state index in [1.54, 1.807) is 11.3 Å². The second-order valence-corrected chi connectivity index (χ2v) is 4.25. The highest BCUT2D eigenvalue weighted by Gasteiger charge is 2.09. The van der Waals surface area contributed by atoms with Gasteiger partial charge in [0.25, 0.3) is 0 Å². The molecule has 0 spiro atoms. The summed E-state index contributed by atoms with van der Waals surface area (Å²) in [6.07, 6.45) is 0.935. The van der Waals surface area contributed by atoms with Crippen LogP contribution in [-0.4, -0.2) is 0 Å². The van der Waals surface area contributed by atoms with E-state index in [-0.39, 0.29) is 6.04 Å². The molecule has 0 fully saturated rings. The summed E-state index contributed by atoms with van der Waals surface area (Å²) in [4.78, 5) is 0. The molecule has 3 N–H and O–H groups in total. The quantitative estimate of drug-likeness (QED) is 0.611. The second kappa shape index (κ2) is 5.07. The second-order valence-electron chi connectivity index (χ2n) is 3.47. The van der Waals surface area contributed by atoms with Crippen LogP contribution in [0.25, 0.3) is 0 Å². The van der Waals surface area contributed by atoms with Gasteiger partial charge < -0.3 is 0 Å². The van der Waals surface area contributed by atoms with Crippen molar-refractivity contribution in [2.75, 3.05) is 0 Å². The third-order valence-corrected chi connectivity index (χ3v) is 3.16. The van der Waals surface area contributed by atoms with E-state index in [1.807, 2.05) is 18.2 Å². The van der Waals surface area contributed by atoms with Crippen molar-refractivity contribution in [1.82, 2.24) is 5.43 Å². The molecule has 2 aromatic rings. The first-order valence-corrected chi connectivity index (χ1v) is 5.86. The van der Waals surface area contributed by atoms with Crippen molar-refractivity contribution in [2.24, 2.45) is 5.84 Å². The monoisotopic (exact) mass is 218 g/mol. The minimum atomic E-state index is 0.195. The molecule has 0 radical (unpaired) electrons. The first-order valence-electron chi connectivity index (χ1n) is 4.92. The summed E-state index contributed by atoms with van der Waals surface area (Å²) in [6.45, 7) is 0. The molecule has 0 aliphatic rings. The van der Waals surface area contributed by atoms with E-state index in [1.165, 1.54) is 11.1 Å². The van der Waals surface area contributed by atoms with E-state index in [4.69, 9.17) is 5.84 Å². The summed E-state index contributed by atoms with van der Waals surface area (Å²) in [5.41, 5.74) is 5.41. The van der Waals surface area contributed by atoms with E-state index in [0.717, 1.165) is 6.42 Å². The number of hydrogen-bond donors (Lipinski definition) is 2. The lowest BCUT2D eigenvalue weighted by molar-refractivity contribution is 0.552. The smallest absolute Gasteiger partial charge is 0.0500 e. The van der Waals surface area contributed by atoms with Gasteiger partial charge in [0.1, 0.15) is 0 Å². The fourth-order valence-electron chi connectivity index (χ4n) is 1.60. The third-order valence-electron chi connectivity index (χ3n) is 2.42. The average molecular weight is 218 g/mol. The summed E-state index contributed by atoms with van der Waals surface area (Å²) in [5.74, 6) is 5.57. The number of hydrazine groups is 1. The molecular formula is C12H14N2S. The van der Waals surface area contributed by atoms with Crippen LogP contribution in [-0.2, 0) is 6.42 Å². The zero-order chi connectivity index (χ0) is 10.5. The molecule has 1 atom stereocenters. The molecule has 0 aliphatic heterocycles. The largest absolute Gasteiger partial charge is 0.271 e. The number of nitrogens with two attached hydrogens (primary N) is 1. The number of benzene rings is 1. The predicted molar refractivity (Wildman–Crippen MR) is 64.5 cm³/mol. The van der Waals surface area contributed by atoms with E-state index >= 15 is 0 Å². The molecule has 0 amide bonds. The van der Waals surface area contributed by atoms with E-state index < -0.39 is 0 Å². The minimum absolute atomic E-state index is 0.195. The van der Waals surface area contributed by atoms with Crippen molar-refractivity contribution in [3.63, 3.8) is 0 Å². The molecule has 15 heavy (non-hydrogen) atoms. The molecule has 0 saturated heterocycles. The lowest BCUT2D eigenvalue weighted by Crippen LogP contribution is -2.29. The van der Waals surface area contributed by atoms with Crippen molar-refractivity contribution in [1.29, 1.82) is 0 Å². The van der Waals surface area contributed by atoms with Crippen molar-refractivity contribution in [3.8, 4) is 0 Å². The standard InChI is InChI=1S/C12H14N2S/c13-14-12(8-10-6-7-15-9-10)11-4-2-1-3-5-11/h1-7,9,12,14H,8,13H2. The summed E-state index contributed by atoms with van der Waals surface area (Å²) in [5, 5.41) is 4.25. The molecular weight excluding hydrogens is 204 g/mol. The van der Waals surface area contributed by atoms with Gasteiger partial charge in [-0.15, -0.1) is 0 Å². The van der Waals surface area contributed by atoms with Gasteiger partial charge in [-0.3, -0.25) is 11.3 Å². The first-order chi connectivity index (χ1) is 7.40. The topological polar surface area (TPSA) is 38.0 Å². The van der Waals surface area contributed by atoms with Gasteiger partial charge in [0.2, 0.25) is 0 Å². The molecule has 1 aromatic heterocycles. The maximum absolute atomic E-state index is 5.57. The Morgan fingerprint density at radius 2 is 2.00 bits per heavy atom. The molecule has 2 nitrogen and oxygen atoms in total. The Labute approximate surface area is 93.7 Å². The van der Waals surface area contributed by atoms with E-state index in [0.29, 0.717) is 0 Å². The van der Waals surface area contributed by atoms with Gasteiger partial charge >= 0.3 is 0 Å². The molecule has 0 bridgehead atoms. The van der Waals surface area contributed by atoms with Crippen molar-refractivity contribution >= 4 is 11.3 Å². The van der Waals surface area contributed by atoms with Crippen LogP contribution < -0.4 is 11.3 Å². The number of rotatable bonds is 4. The lowest BCUT2D eigenvalue weighted by atomic mass is 10.0. The fraction of sp³-hybridized carbons (Fsp3) is 0.167. The highest BCUT2D eigenvalue weighted by molar-refractivity contribution is 7.07. The Morgan fingerprint density at radius 3 is 2.60 bits per heavy atom. The summed E-state index contributed by atoms with van der Waals surface area (Å²) < 4.78 is 0. The molecule has 0 aliphatic carbocycles. The zero-order valence-corrected chi connectivity index (χ0v) is 9.21. The Morgan fingerprint density at radius 1 is 1.20 bits per heavy atom. The van der Waals surface area contributed by atoms with Crippen molar-refractivity contribution in [2.45, 2.75) is 12.5 Å². The number of nitrogens with one attached hydrogen (secondary N) is 1. The third kappa shape index (κ3) is 2.65. The normalized spacial score (nSPS) is 12.6. The highest BCUT2D eigenvalue weighted by Crippen LogP contribution is 2.18. The Balaban J connectivity index is 2.12. The molecule has 1 aromatic carbocycles. The highest BCUT2D eigenvalue weighted by atomic mass is 32.1. The van der Waals surface area contributed by atoms with Crippen LogP contribution in [0.1, 0.15) is 17.2 Å². The van der Waals surface area contributed by atoms with Crippen LogP contribution in [0.15, 0.2) is 47.2 Å². The average Bonchev–Trinajstić information content (AvgIpc) is 2.80. The maximum atomic E-state index is 5.57. The van der Waals surface area contributed by atoms with Crippen LogP contribution >= 0.6 is 11.3 Å². The number of thiophene rings is 1. The van der Waals surface area contributed by atoms with Crippen LogP contribution in [0, 0.1) is 0 Å². The Hall–Kier alpha value is -1.16. The molecule has 1 heterocycles. The summed E-state index contributed by atoms with van der Waals surface area (Å²) in [6, 6.07) is 12.6. The number of hydrogen-bond acceptors (Lipinski definition) is 3.